The topological polar surface area (TPSA) is 25.8 Å². The Labute approximate surface area is 355 Å². The normalized spacial score (nSPS) is 12.7. The van der Waals surface area contributed by atoms with Crippen LogP contribution in [0, 0.1) is 0 Å². The molecule has 0 atom stereocenters. The first-order chi connectivity index (χ1) is 30.2. The van der Waals surface area contributed by atoms with E-state index in [9.17, 15) is 0 Å². The van der Waals surface area contributed by atoms with Crippen molar-refractivity contribution in [3.05, 3.63) is 253 Å². The van der Waals surface area contributed by atoms with E-state index in [0.29, 0.717) is 0 Å². The first-order valence-electron chi connectivity index (χ1n) is 21.0. The van der Waals surface area contributed by atoms with E-state index in [1.165, 1.54) is 66.4 Å². The van der Waals surface area contributed by atoms with E-state index in [1.54, 1.807) is 0 Å². The summed E-state index contributed by atoms with van der Waals surface area (Å²) in [6.07, 6.45) is 0. The maximum absolute atomic E-state index is 5.23. The Balaban J connectivity index is 0.946. The predicted octanol–water partition coefficient (Wildman–Crippen LogP) is 15.0. The summed E-state index contributed by atoms with van der Waals surface area (Å²) in [6, 6.07) is 83.6. The van der Waals surface area contributed by atoms with E-state index >= 15 is 0 Å². The van der Waals surface area contributed by atoms with Gasteiger partial charge in [-0.15, -0.1) is 0 Å². The quantitative estimate of drug-likeness (QED) is 0.157. The zero-order valence-corrected chi connectivity index (χ0v) is 33.3. The molecule has 9 aromatic carbocycles. The fourth-order valence-corrected chi connectivity index (χ4v) is 9.93. The molecule has 284 valence electrons. The van der Waals surface area contributed by atoms with Crippen LogP contribution in [0.5, 0.6) is 0 Å². The van der Waals surface area contributed by atoms with E-state index in [4.69, 9.17) is 9.97 Å². The van der Waals surface area contributed by atoms with Crippen molar-refractivity contribution in [1.82, 2.24) is 9.97 Å². The molecule has 12 rings (SSSR count). The minimum Gasteiger partial charge on any atom is -0.245 e. The van der Waals surface area contributed by atoms with E-state index in [0.717, 1.165) is 44.3 Å². The number of benzene rings is 9. The van der Waals surface area contributed by atoms with Crippen LogP contribution in [0.1, 0.15) is 22.3 Å². The van der Waals surface area contributed by atoms with Crippen molar-refractivity contribution >= 4 is 32.6 Å². The van der Waals surface area contributed by atoms with Gasteiger partial charge < -0.3 is 0 Å². The molecule has 0 saturated carbocycles. The summed E-state index contributed by atoms with van der Waals surface area (Å²) in [5.41, 5.74) is 18.0. The number of fused-ring (bicyclic) bond motifs is 7. The Kier molecular flexibility index (Phi) is 8.11. The maximum Gasteiger partial charge on any atom is 0.0972 e. The van der Waals surface area contributed by atoms with Crippen LogP contribution in [0.2, 0.25) is 0 Å². The van der Waals surface area contributed by atoms with Crippen LogP contribution in [-0.2, 0) is 5.41 Å². The van der Waals surface area contributed by atoms with E-state index in [-0.39, 0.29) is 0 Å². The second-order valence-corrected chi connectivity index (χ2v) is 16.0. The lowest BCUT2D eigenvalue weighted by Crippen LogP contribution is -2.28. The smallest absolute Gasteiger partial charge is 0.0972 e. The first kappa shape index (κ1) is 35.0. The Bertz CT molecular complexity index is 3410. The highest BCUT2D eigenvalue weighted by molar-refractivity contribution is 6.06. The number of aromatic nitrogens is 2. The second kappa shape index (κ2) is 14.1. The minimum atomic E-state index is -0.448. The number of pyridine rings is 2. The molecule has 1 aliphatic rings. The number of nitrogens with zero attached hydrogens (tertiary/aromatic N) is 2. The lowest BCUT2D eigenvalue weighted by Gasteiger charge is -2.34. The highest BCUT2D eigenvalue weighted by atomic mass is 14.8. The number of hydrogen-bond donors (Lipinski definition) is 0. The van der Waals surface area contributed by atoms with Crippen molar-refractivity contribution in [3.63, 3.8) is 0 Å². The van der Waals surface area contributed by atoms with Gasteiger partial charge in [0, 0.05) is 21.9 Å². The third kappa shape index (κ3) is 5.57. The van der Waals surface area contributed by atoms with Crippen LogP contribution < -0.4 is 0 Å². The average Bonchev–Trinajstić information content (AvgIpc) is 3.64. The standard InChI is InChI=1S/C59H38N2/c1-4-14-40(15-5-1)55-36-31-42-28-29-43-32-37-56(61-58(43)57(42)60-55)41-26-24-39(25-27-41)47-34-35-48(50-21-11-10-20-49(47)50)44-30-33-52-51-22-12-13-23-53(51)59(54(52)38-44,45-16-6-2-7-17-45)46-18-8-3-9-19-46/h1-38H. The van der Waals surface area contributed by atoms with Gasteiger partial charge in [0.15, 0.2) is 0 Å². The van der Waals surface area contributed by atoms with Crippen molar-refractivity contribution in [1.29, 1.82) is 0 Å². The van der Waals surface area contributed by atoms with Gasteiger partial charge in [0.1, 0.15) is 0 Å². The van der Waals surface area contributed by atoms with Crippen molar-refractivity contribution in [3.8, 4) is 55.9 Å². The van der Waals surface area contributed by atoms with E-state index in [2.05, 4.69) is 224 Å². The molecule has 2 heteroatoms. The third-order valence-corrected chi connectivity index (χ3v) is 12.8. The van der Waals surface area contributed by atoms with Crippen molar-refractivity contribution in [2.45, 2.75) is 5.41 Å². The molecule has 0 saturated heterocycles. The molecule has 0 radical (unpaired) electrons. The van der Waals surface area contributed by atoms with Gasteiger partial charge in [-0.05, 0) is 84.6 Å². The Hall–Kier alpha value is -7.94. The monoisotopic (exact) mass is 774 g/mol. The van der Waals surface area contributed by atoms with Crippen LogP contribution in [0.3, 0.4) is 0 Å². The zero-order valence-electron chi connectivity index (χ0n) is 33.3. The van der Waals surface area contributed by atoms with Gasteiger partial charge in [0.2, 0.25) is 0 Å². The molecule has 2 nitrogen and oxygen atoms in total. The van der Waals surface area contributed by atoms with Crippen molar-refractivity contribution < 1.29 is 0 Å². The minimum absolute atomic E-state index is 0.448. The van der Waals surface area contributed by atoms with Crippen molar-refractivity contribution in [2.24, 2.45) is 0 Å². The average molecular weight is 775 g/mol. The maximum atomic E-state index is 5.23. The summed E-state index contributed by atoms with van der Waals surface area (Å²) in [5, 5.41) is 4.62. The third-order valence-electron chi connectivity index (χ3n) is 12.8. The molecule has 61 heavy (non-hydrogen) atoms. The predicted molar refractivity (Wildman–Crippen MR) is 254 cm³/mol. The molecule has 0 bridgehead atoms. The summed E-state index contributed by atoms with van der Waals surface area (Å²) >= 11 is 0. The van der Waals surface area contributed by atoms with Gasteiger partial charge in [-0.2, -0.15) is 0 Å². The van der Waals surface area contributed by atoms with Crippen LogP contribution in [0.25, 0.3) is 88.5 Å². The van der Waals surface area contributed by atoms with Crippen LogP contribution in [-0.4, -0.2) is 9.97 Å². The molecule has 0 unspecified atom stereocenters. The van der Waals surface area contributed by atoms with E-state index < -0.39 is 5.41 Å². The summed E-state index contributed by atoms with van der Waals surface area (Å²) in [7, 11) is 0. The summed E-state index contributed by atoms with van der Waals surface area (Å²) in [6.45, 7) is 0. The van der Waals surface area contributed by atoms with Gasteiger partial charge in [0.05, 0.1) is 27.8 Å². The lowest BCUT2D eigenvalue weighted by atomic mass is 9.67. The molecule has 0 N–H and O–H groups in total. The highest BCUT2D eigenvalue weighted by Gasteiger charge is 2.46. The molecular weight excluding hydrogens is 737 g/mol. The fraction of sp³-hybridized carbons (Fsp3) is 0.0169. The Morgan fingerprint density at radius 2 is 0.705 bits per heavy atom. The summed E-state index contributed by atoms with van der Waals surface area (Å²) in [4.78, 5) is 10.3. The van der Waals surface area contributed by atoms with Gasteiger partial charge in [-0.1, -0.05) is 212 Å². The fourth-order valence-electron chi connectivity index (χ4n) is 9.93. The molecule has 2 heterocycles. The van der Waals surface area contributed by atoms with E-state index in [1.807, 2.05) is 6.07 Å². The highest BCUT2D eigenvalue weighted by Crippen LogP contribution is 2.57. The Morgan fingerprint density at radius 1 is 0.279 bits per heavy atom. The van der Waals surface area contributed by atoms with Gasteiger partial charge in [-0.25, -0.2) is 9.97 Å². The molecule has 0 fully saturated rings. The van der Waals surface area contributed by atoms with Crippen LogP contribution >= 0.6 is 0 Å². The summed E-state index contributed by atoms with van der Waals surface area (Å²) < 4.78 is 0. The second-order valence-electron chi connectivity index (χ2n) is 16.0. The lowest BCUT2D eigenvalue weighted by molar-refractivity contribution is 0.769. The zero-order chi connectivity index (χ0) is 40.3. The Morgan fingerprint density at radius 3 is 1.31 bits per heavy atom. The van der Waals surface area contributed by atoms with Crippen LogP contribution in [0.4, 0.5) is 0 Å². The molecule has 1 aliphatic carbocycles. The molecule has 0 spiro atoms. The van der Waals surface area contributed by atoms with Gasteiger partial charge in [-0.3, -0.25) is 0 Å². The molecule has 2 aromatic heterocycles. The molecule has 0 amide bonds. The number of rotatable bonds is 6. The summed E-state index contributed by atoms with van der Waals surface area (Å²) in [5.74, 6) is 0. The van der Waals surface area contributed by atoms with Gasteiger partial charge >= 0.3 is 0 Å². The molecule has 11 aromatic rings. The first-order valence-corrected chi connectivity index (χ1v) is 21.0. The SMILES string of the molecule is c1ccc(-c2ccc3ccc4ccc(-c5ccc(-c6ccc(-c7ccc8c(c7)C(c7ccccc7)(c7ccccc7)c7ccccc7-8)c7ccccc67)cc5)nc4c3n2)cc1. The van der Waals surface area contributed by atoms with Gasteiger partial charge in [0.25, 0.3) is 0 Å². The van der Waals surface area contributed by atoms with Crippen molar-refractivity contribution in [2.75, 3.05) is 0 Å². The number of hydrogen-bond acceptors (Lipinski definition) is 2. The van der Waals surface area contributed by atoms with Crippen LogP contribution in [0.15, 0.2) is 231 Å². The largest absolute Gasteiger partial charge is 0.245 e. The molecule has 0 aliphatic heterocycles. The molecular formula is C59H38N2.